The number of nitrogens with one attached hydrogen (secondary N) is 2. The molecule has 1 aliphatic carbocycles. The molecule has 0 saturated heterocycles. The lowest BCUT2D eigenvalue weighted by Crippen LogP contribution is -2.43. The van der Waals surface area contributed by atoms with Crippen LogP contribution in [0.25, 0.3) is 0 Å². The highest BCUT2D eigenvalue weighted by Gasteiger charge is 2.28. The Morgan fingerprint density at radius 3 is 2.83 bits per heavy atom. The van der Waals surface area contributed by atoms with Gasteiger partial charge in [-0.1, -0.05) is 12.8 Å². The van der Waals surface area contributed by atoms with Crippen LogP contribution in [0.3, 0.4) is 0 Å². The van der Waals surface area contributed by atoms with Gasteiger partial charge in [0, 0.05) is 26.6 Å². The number of carbonyl (C=O) groups excluding carboxylic acids is 1. The third-order valence-corrected chi connectivity index (χ3v) is 4.69. The Bertz CT molecular complexity index is 743. The molecule has 124 valence electrons. The number of hydrogen-bond acceptors (Lipinski definition) is 4. The Kier molecular flexibility index (Phi) is 4.31. The van der Waals surface area contributed by atoms with Crippen molar-refractivity contribution >= 4 is 5.91 Å². The maximum Gasteiger partial charge on any atom is 0.343 e. The van der Waals surface area contributed by atoms with Crippen LogP contribution in [0.15, 0.2) is 17.3 Å². The zero-order valence-electron chi connectivity index (χ0n) is 13.5. The first kappa shape index (κ1) is 15.5. The summed E-state index contributed by atoms with van der Waals surface area (Å²) in [6, 6.07) is 0.0953. The highest BCUT2D eigenvalue weighted by atomic mass is 16.2. The first-order valence-corrected chi connectivity index (χ1v) is 7.93. The number of amides is 1. The normalized spacial score (nSPS) is 21.3. The third-order valence-electron chi connectivity index (χ3n) is 4.69. The molecule has 0 unspecified atom stereocenters. The van der Waals surface area contributed by atoms with E-state index in [1.54, 1.807) is 31.2 Å². The summed E-state index contributed by atoms with van der Waals surface area (Å²) < 4.78 is 3.25. The van der Waals surface area contributed by atoms with E-state index in [9.17, 15) is 9.59 Å². The number of nitrogens with zero attached hydrogens (tertiary/aromatic N) is 4. The van der Waals surface area contributed by atoms with Gasteiger partial charge in [-0.2, -0.15) is 5.10 Å². The smallest absolute Gasteiger partial charge is 0.343 e. The van der Waals surface area contributed by atoms with Gasteiger partial charge >= 0.3 is 5.69 Å². The molecule has 1 fully saturated rings. The summed E-state index contributed by atoms with van der Waals surface area (Å²) in [6.45, 7) is 0. The molecule has 2 heterocycles. The van der Waals surface area contributed by atoms with E-state index in [4.69, 9.17) is 0 Å². The standard InChI is InChI=1S/C15H22N6O2/c1-20-9-16-8-12(20)14(22)17-11-6-4-3-5-10(11)7-13-18-19-15(23)21(13)2/h8-11H,3-7H2,1-2H3,(H,17,22)(H,19,23)/t10-,11-/m1/s1. The molecule has 2 aromatic heterocycles. The minimum atomic E-state index is -0.203. The van der Waals surface area contributed by atoms with Crippen LogP contribution in [0, 0.1) is 5.92 Å². The zero-order chi connectivity index (χ0) is 16.4. The second kappa shape index (κ2) is 6.39. The van der Waals surface area contributed by atoms with E-state index in [2.05, 4.69) is 20.5 Å². The Hall–Kier alpha value is -2.38. The lowest BCUT2D eigenvalue weighted by molar-refractivity contribution is 0.0896. The maximum atomic E-state index is 12.4. The molecule has 0 aliphatic heterocycles. The van der Waals surface area contributed by atoms with Crippen molar-refractivity contribution in [3.63, 3.8) is 0 Å². The molecule has 0 spiro atoms. The third kappa shape index (κ3) is 3.20. The van der Waals surface area contributed by atoms with E-state index in [0.29, 0.717) is 12.1 Å². The monoisotopic (exact) mass is 318 g/mol. The predicted molar refractivity (Wildman–Crippen MR) is 84.0 cm³/mol. The van der Waals surface area contributed by atoms with Gasteiger partial charge < -0.3 is 9.88 Å². The van der Waals surface area contributed by atoms with E-state index < -0.39 is 0 Å². The highest BCUT2D eigenvalue weighted by Crippen LogP contribution is 2.27. The van der Waals surface area contributed by atoms with Crippen LogP contribution in [0.2, 0.25) is 0 Å². The number of hydrogen-bond donors (Lipinski definition) is 2. The molecule has 0 bridgehead atoms. The summed E-state index contributed by atoms with van der Waals surface area (Å²) in [5.74, 6) is 0.925. The lowest BCUT2D eigenvalue weighted by Gasteiger charge is -2.32. The van der Waals surface area contributed by atoms with E-state index >= 15 is 0 Å². The molecular weight excluding hydrogens is 296 g/mol. The van der Waals surface area contributed by atoms with Crippen molar-refractivity contribution in [2.75, 3.05) is 0 Å². The Morgan fingerprint density at radius 1 is 1.39 bits per heavy atom. The molecule has 23 heavy (non-hydrogen) atoms. The number of aromatic amines is 1. The van der Waals surface area contributed by atoms with Gasteiger partial charge in [-0.25, -0.2) is 14.9 Å². The molecule has 1 saturated carbocycles. The van der Waals surface area contributed by atoms with E-state index in [1.807, 2.05) is 0 Å². The van der Waals surface area contributed by atoms with Gasteiger partial charge in [-0.05, 0) is 18.8 Å². The Labute approximate surface area is 133 Å². The topological polar surface area (TPSA) is 97.6 Å². The van der Waals surface area contributed by atoms with Gasteiger partial charge in [0.25, 0.3) is 5.91 Å². The summed E-state index contributed by atoms with van der Waals surface area (Å²) in [5, 5.41) is 9.69. The maximum absolute atomic E-state index is 12.4. The summed E-state index contributed by atoms with van der Waals surface area (Å²) in [4.78, 5) is 27.9. The molecule has 8 nitrogen and oxygen atoms in total. The average molecular weight is 318 g/mol. The van der Waals surface area contributed by atoms with Gasteiger partial charge in [0.1, 0.15) is 11.5 Å². The van der Waals surface area contributed by atoms with Crippen LogP contribution in [0.1, 0.15) is 42.0 Å². The van der Waals surface area contributed by atoms with Gasteiger partial charge in [0.05, 0.1) is 12.5 Å². The SMILES string of the molecule is Cn1cncc1C(=O)N[C@@H]1CCCC[C@@H]1Cc1n[nH]c(=O)n1C. The lowest BCUT2D eigenvalue weighted by atomic mass is 9.82. The molecule has 2 aromatic rings. The first-order chi connectivity index (χ1) is 11.1. The summed E-state index contributed by atoms with van der Waals surface area (Å²) in [5.41, 5.74) is 0.354. The Morgan fingerprint density at radius 2 is 2.17 bits per heavy atom. The van der Waals surface area contributed by atoms with E-state index in [1.165, 1.54) is 4.57 Å². The highest BCUT2D eigenvalue weighted by molar-refractivity contribution is 5.92. The summed E-state index contributed by atoms with van der Waals surface area (Å²) in [6.07, 6.45) is 8.10. The molecule has 2 N–H and O–H groups in total. The Balaban J connectivity index is 1.71. The predicted octanol–water partition coefficient (Wildman–Crippen LogP) is 0.373. The van der Waals surface area contributed by atoms with Crippen LogP contribution < -0.4 is 11.0 Å². The fraction of sp³-hybridized carbons (Fsp3) is 0.600. The van der Waals surface area contributed by atoms with Crippen molar-refractivity contribution in [1.29, 1.82) is 0 Å². The minimum Gasteiger partial charge on any atom is -0.348 e. The molecule has 0 aromatic carbocycles. The molecule has 1 aliphatic rings. The molecule has 8 heteroatoms. The van der Waals surface area contributed by atoms with E-state index in [-0.39, 0.29) is 23.6 Å². The van der Waals surface area contributed by atoms with E-state index in [0.717, 1.165) is 31.5 Å². The number of rotatable bonds is 4. The van der Waals surface area contributed by atoms with Gasteiger partial charge in [-0.15, -0.1) is 0 Å². The number of H-pyrrole nitrogens is 1. The van der Waals surface area contributed by atoms with Gasteiger partial charge in [0.15, 0.2) is 0 Å². The van der Waals surface area contributed by atoms with Crippen LogP contribution in [-0.2, 0) is 20.5 Å². The fourth-order valence-electron chi connectivity index (χ4n) is 3.26. The van der Waals surface area contributed by atoms with Gasteiger partial charge in [0.2, 0.25) is 0 Å². The van der Waals surface area contributed by atoms with Crippen molar-refractivity contribution in [2.45, 2.75) is 38.1 Å². The fourth-order valence-corrected chi connectivity index (χ4v) is 3.26. The minimum absolute atomic E-state index is 0.0953. The molecule has 1 amide bonds. The average Bonchev–Trinajstić information content (AvgIpc) is 3.10. The second-order valence-electron chi connectivity index (χ2n) is 6.22. The second-order valence-corrected chi connectivity index (χ2v) is 6.22. The van der Waals surface area contributed by atoms with Crippen LogP contribution in [-0.4, -0.2) is 36.3 Å². The van der Waals surface area contributed by atoms with Crippen LogP contribution in [0.4, 0.5) is 0 Å². The first-order valence-electron chi connectivity index (χ1n) is 7.93. The van der Waals surface area contributed by atoms with Crippen molar-refractivity contribution < 1.29 is 4.79 Å². The number of imidazole rings is 1. The molecule has 3 rings (SSSR count). The molecule has 2 atom stereocenters. The van der Waals surface area contributed by atoms with Crippen molar-refractivity contribution in [3.8, 4) is 0 Å². The van der Waals surface area contributed by atoms with Crippen molar-refractivity contribution in [3.05, 3.63) is 34.5 Å². The number of aromatic nitrogens is 5. The van der Waals surface area contributed by atoms with Crippen molar-refractivity contribution in [1.82, 2.24) is 29.6 Å². The number of aryl methyl sites for hydroxylation is 1. The van der Waals surface area contributed by atoms with Crippen molar-refractivity contribution in [2.24, 2.45) is 20.0 Å². The zero-order valence-corrected chi connectivity index (χ0v) is 13.5. The molecular formula is C15H22N6O2. The molecule has 0 radical (unpaired) electrons. The summed E-state index contributed by atoms with van der Waals surface area (Å²) in [7, 11) is 3.52. The van der Waals surface area contributed by atoms with Crippen LogP contribution in [0.5, 0.6) is 0 Å². The largest absolute Gasteiger partial charge is 0.348 e. The summed E-state index contributed by atoms with van der Waals surface area (Å²) >= 11 is 0. The van der Waals surface area contributed by atoms with Gasteiger partial charge in [-0.3, -0.25) is 9.36 Å². The quantitative estimate of drug-likeness (QED) is 0.851. The van der Waals surface area contributed by atoms with Crippen LogP contribution >= 0.6 is 0 Å². The number of carbonyl (C=O) groups is 1.